The third-order valence-electron chi connectivity index (χ3n) is 3.68. The predicted octanol–water partition coefficient (Wildman–Crippen LogP) is 3.61. The Bertz CT molecular complexity index is 917. The maximum absolute atomic E-state index is 12.1. The topological polar surface area (TPSA) is 85.9 Å². The molecule has 0 aliphatic heterocycles. The van der Waals surface area contributed by atoms with Crippen LogP contribution in [0.1, 0.15) is 42.5 Å². The van der Waals surface area contributed by atoms with Gasteiger partial charge in [0.1, 0.15) is 5.15 Å². The normalized spacial score (nSPS) is 12.2. The van der Waals surface area contributed by atoms with Crippen LogP contribution in [-0.2, 0) is 5.41 Å². The van der Waals surface area contributed by atoms with Crippen LogP contribution >= 0.6 is 11.6 Å². The summed E-state index contributed by atoms with van der Waals surface area (Å²) in [5, 5.41) is 12.3. The molecule has 0 saturated carbocycles. The molecule has 6 nitrogen and oxygen atoms in total. The lowest BCUT2D eigenvalue weighted by Gasteiger charge is -2.14. The SMILES string of the molecule is CC(C)(C)c1cc(C(=O)N/N=C/c2c(Cl)[nH]c3ccccc23)n[nH]1. The van der Waals surface area contributed by atoms with Crippen LogP contribution in [0.15, 0.2) is 35.4 Å². The van der Waals surface area contributed by atoms with Crippen LogP contribution in [0, 0.1) is 0 Å². The first kappa shape index (κ1) is 16.3. The van der Waals surface area contributed by atoms with Crippen molar-refractivity contribution in [1.82, 2.24) is 20.6 Å². The lowest BCUT2D eigenvalue weighted by atomic mass is 9.92. The molecule has 7 heteroatoms. The van der Waals surface area contributed by atoms with E-state index in [2.05, 4.69) is 25.7 Å². The van der Waals surface area contributed by atoms with Crippen LogP contribution in [-0.4, -0.2) is 27.3 Å². The van der Waals surface area contributed by atoms with Crippen molar-refractivity contribution in [2.24, 2.45) is 5.10 Å². The van der Waals surface area contributed by atoms with Gasteiger partial charge in [-0.15, -0.1) is 0 Å². The number of fused-ring (bicyclic) bond motifs is 1. The molecule has 0 aliphatic carbocycles. The van der Waals surface area contributed by atoms with Gasteiger partial charge in [-0.05, 0) is 12.1 Å². The molecule has 2 heterocycles. The Balaban J connectivity index is 1.75. The number of benzene rings is 1. The van der Waals surface area contributed by atoms with Gasteiger partial charge in [-0.1, -0.05) is 50.6 Å². The van der Waals surface area contributed by atoms with E-state index >= 15 is 0 Å². The first-order valence-corrected chi connectivity index (χ1v) is 7.89. The highest BCUT2D eigenvalue weighted by atomic mass is 35.5. The van der Waals surface area contributed by atoms with Gasteiger partial charge in [0, 0.05) is 27.6 Å². The predicted molar refractivity (Wildman–Crippen MR) is 95.7 cm³/mol. The molecule has 0 spiro atoms. The highest BCUT2D eigenvalue weighted by molar-refractivity contribution is 6.34. The van der Waals surface area contributed by atoms with Gasteiger partial charge < -0.3 is 4.98 Å². The lowest BCUT2D eigenvalue weighted by molar-refractivity contribution is 0.0950. The number of H-pyrrole nitrogens is 2. The summed E-state index contributed by atoms with van der Waals surface area (Å²) in [5.74, 6) is -0.381. The number of carbonyl (C=O) groups excluding carboxylic acids is 1. The number of para-hydroxylation sites is 1. The van der Waals surface area contributed by atoms with E-state index in [4.69, 9.17) is 11.6 Å². The maximum atomic E-state index is 12.1. The number of carbonyl (C=O) groups is 1. The molecule has 0 unspecified atom stereocenters. The van der Waals surface area contributed by atoms with Crippen molar-refractivity contribution in [2.75, 3.05) is 0 Å². The highest BCUT2D eigenvalue weighted by Gasteiger charge is 2.19. The Kier molecular flexibility index (Phi) is 4.15. The summed E-state index contributed by atoms with van der Waals surface area (Å²) in [6.45, 7) is 6.12. The summed E-state index contributed by atoms with van der Waals surface area (Å²) in [4.78, 5) is 15.2. The van der Waals surface area contributed by atoms with E-state index in [-0.39, 0.29) is 11.3 Å². The quantitative estimate of drug-likeness (QED) is 0.501. The first-order valence-electron chi connectivity index (χ1n) is 7.52. The molecule has 24 heavy (non-hydrogen) atoms. The molecule has 0 radical (unpaired) electrons. The minimum absolute atomic E-state index is 0.105. The van der Waals surface area contributed by atoms with Crippen molar-refractivity contribution < 1.29 is 4.79 Å². The van der Waals surface area contributed by atoms with E-state index in [1.165, 1.54) is 6.21 Å². The smallest absolute Gasteiger partial charge is 0.291 e. The monoisotopic (exact) mass is 343 g/mol. The van der Waals surface area contributed by atoms with E-state index in [1.54, 1.807) is 6.07 Å². The van der Waals surface area contributed by atoms with Gasteiger partial charge in [-0.25, -0.2) is 5.43 Å². The first-order chi connectivity index (χ1) is 11.4. The molecule has 1 aromatic carbocycles. The van der Waals surface area contributed by atoms with Crippen LogP contribution < -0.4 is 5.43 Å². The van der Waals surface area contributed by atoms with Crippen LogP contribution in [0.25, 0.3) is 10.9 Å². The molecule has 1 amide bonds. The number of halogens is 1. The molecule has 3 rings (SSSR count). The summed E-state index contributed by atoms with van der Waals surface area (Å²) in [6, 6.07) is 9.42. The summed E-state index contributed by atoms with van der Waals surface area (Å²) >= 11 is 6.18. The molecule has 0 aliphatic rings. The number of aromatic nitrogens is 3. The van der Waals surface area contributed by atoms with Crippen molar-refractivity contribution in [3.63, 3.8) is 0 Å². The van der Waals surface area contributed by atoms with Crippen LogP contribution in [0.3, 0.4) is 0 Å². The van der Waals surface area contributed by atoms with Gasteiger partial charge in [-0.2, -0.15) is 10.2 Å². The van der Waals surface area contributed by atoms with Crippen LogP contribution in [0.4, 0.5) is 0 Å². The average molecular weight is 344 g/mol. The van der Waals surface area contributed by atoms with Crippen LogP contribution in [0.5, 0.6) is 0 Å². The lowest BCUT2D eigenvalue weighted by Crippen LogP contribution is -2.18. The average Bonchev–Trinajstić information content (AvgIpc) is 3.12. The Hall–Kier alpha value is -2.60. The molecule has 0 fully saturated rings. The van der Waals surface area contributed by atoms with Crippen molar-refractivity contribution in [3.05, 3.63) is 52.4 Å². The standard InChI is InChI=1S/C17H18ClN5O/c1-17(2,3)14-8-13(21-22-14)16(24)23-19-9-11-10-6-4-5-7-12(10)20-15(11)18/h4-9,20H,1-3H3,(H,21,22)(H,23,24)/b19-9+. The largest absolute Gasteiger partial charge is 0.345 e. The van der Waals surface area contributed by atoms with Crippen molar-refractivity contribution in [1.29, 1.82) is 0 Å². The number of nitrogens with one attached hydrogen (secondary N) is 3. The zero-order chi connectivity index (χ0) is 17.3. The van der Waals surface area contributed by atoms with Gasteiger partial charge in [0.15, 0.2) is 5.69 Å². The molecule has 0 saturated heterocycles. The maximum Gasteiger partial charge on any atom is 0.291 e. The molecular weight excluding hydrogens is 326 g/mol. The van der Waals surface area contributed by atoms with Crippen LogP contribution in [0.2, 0.25) is 5.15 Å². The number of hydrazone groups is 1. The van der Waals surface area contributed by atoms with Crippen molar-refractivity contribution in [3.8, 4) is 0 Å². The van der Waals surface area contributed by atoms with Crippen molar-refractivity contribution in [2.45, 2.75) is 26.2 Å². The number of amides is 1. The minimum Gasteiger partial charge on any atom is -0.345 e. The Morgan fingerprint density at radius 3 is 2.79 bits per heavy atom. The third-order valence-corrected chi connectivity index (χ3v) is 3.97. The summed E-state index contributed by atoms with van der Waals surface area (Å²) in [5.41, 5.74) is 5.18. The second kappa shape index (κ2) is 6.13. The number of hydrogen-bond donors (Lipinski definition) is 3. The van der Waals surface area contributed by atoms with E-state index in [0.29, 0.717) is 10.8 Å². The number of rotatable bonds is 3. The second-order valence-corrected chi connectivity index (χ2v) is 6.89. The molecule has 0 atom stereocenters. The third kappa shape index (κ3) is 3.19. The molecule has 124 valence electrons. The molecule has 2 aromatic heterocycles. The van der Waals surface area contributed by atoms with Crippen molar-refractivity contribution >= 4 is 34.6 Å². The van der Waals surface area contributed by atoms with E-state index in [9.17, 15) is 4.79 Å². The van der Waals surface area contributed by atoms with E-state index in [1.807, 2.05) is 45.0 Å². The van der Waals surface area contributed by atoms with E-state index in [0.717, 1.165) is 22.2 Å². The fraction of sp³-hybridized carbons (Fsp3) is 0.235. The van der Waals surface area contributed by atoms with E-state index < -0.39 is 0 Å². The number of nitrogens with zero attached hydrogens (tertiary/aromatic N) is 2. The molecular formula is C17H18ClN5O. The Morgan fingerprint density at radius 1 is 1.33 bits per heavy atom. The number of hydrogen-bond acceptors (Lipinski definition) is 3. The second-order valence-electron chi connectivity index (χ2n) is 6.51. The van der Waals surface area contributed by atoms with Gasteiger partial charge in [0.25, 0.3) is 5.91 Å². The van der Waals surface area contributed by atoms with Gasteiger partial charge in [0.05, 0.1) is 6.21 Å². The van der Waals surface area contributed by atoms with Gasteiger partial charge >= 0.3 is 0 Å². The highest BCUT2D eigenvalue weighted by Crippen LogP contribution is 2.24. The van der Waals surface area contributed by atoms with Gasteiger partial charge in [-0.3, -0.25) is 9.89 Å². The van der Waals surface area contributed by atoms with Gasteiger partial charge in [0.2, 0.25) is 0 Å². The Morgan fingerprint density at radius 2 is 2.08 bits per heavy atom. The minimum atomic E-state index is -0.381. The molecule has 3 aromatic rings. The summed E-state index contributed by atoms with van der Waals surface area (Å²) < 4.78 is 0. The molecule has 0 bridgehead atoms. The molecule has 3 N–H and O–H groups in total. The number of aromatic amines is 2. The zero-order valence-corrected chi connectivity index (χ0v) is 14.4. The fourth-order valence-electron chi connectivity index (χ4n) is 2.29. The summed E-state index contributed by atoms with van der Waals surface area (Å²) in [7, 11) is 0. The fourth-order valence-corrected chi connectivity index (χ4v) is 2.54. The zero-order valence-electron chi connectivity index (χ0n) is 13.6. The summed E-state index contributed by atoms with van der Waals surface area (Å²) in [6.07, 6.45) is 1.52. The Labute approximate surface area is 144 Å².